The molecule has 8 nitrogen and oxygen atoms in total. The van der Waals surface area contributed by atoms with Crippen LogP contribution in [0.4, 0.5) is 11.4 Å². The Labute approximate surface area is 122 Å². The molecule has 0 amide bonds. The number of benzene rings is 1. The van der Waals surface area contributed by atoms with Crippen molar-refractivity contribution in [2.75, 3.05) is 25.5 Å². The molecule has 0 heterocycles. The Kier molecular flexibility index (Phi) is 4.76. The number of hydrogen-bond acceptors (Lipinski definition) is 6. The Morgan fingerprint density at radius 3 is 2.76 bits per heavy atom. The van der Waals surface area contributed by atoms with E-state index in [0.29, 0.717) is 12.5 Å². The van der Waals surface area contributed by atoms with Gasteiger partial charge in [0.15, 0.2) is 0 Å². The average Bonchev–Trinajstić information content (AvgIpc) is 3.22. The molecule has 0 bridgehead atoms. The van der Waals surface area contributed by atoms with E-state index in [1.807, 2.05) is 0 Å². The summed E-state index contributed by atoms with van der Waals surface area (Å²) in [5.41, 5.74) is 5.22. The zero-order valence-corrected chi connectivity index (χ0v) is 12.1. The molecule has 9 heteroatoms. The summed E-state index contributed by atoms with van der Waals surface area (Å²) in [6, 6.07) is 3.31. The Balaban J connectivity index is 1.97. The third-order valence-electron chi connectivity index (χ3n) is 3.09. The molecular weight excluding hydrogens is 298 g/mol. The van der Waals surface area contributed by atoms with Gasteiger partial charge in [0, 0.05) is 25.3 Å². The minimum absolute atomic E-state index is 0.0352. The average molecular weight is 315 g/mol. The van der Waals surface area contributed by atoms with Crippen molar-refractivity contribution < 1.29 is 18.1 Å². The Bertz CT molecular complexity index is 628. The van der Waals surface area contributed by atoms with Crippen molar-refractivity contribution in [3.8, 4) is 0 Å². The van der Waals surface area contributed by atoms with Crippen molar-refractivity contribution in [3.63, 3.8) is 0 Å². The number of rotatable bonds is 8. The minimum atomic E-state index is -3.89. The summed E-state index contributed by atoms with van der Waals surface area (Å²) in [7, 11) is -3.89. The molecule has 2 rings (SSSR count). The molecule has 0 atom stereocenters. The standard InChI is InChI=1S/C12H17N3O5S/c13-11-4-3-10(15(16)17)7-12(11)21(18,19)14-5-6-20-8-9-1-2-9/h3-4,7,9,14H,1-2,5-6,8,13H2. The number of non-ortho nitro benzene ring substituents is 1. The van der Waals surface area contributed by atoms with Gasteiger partial charge in [-0.15, -0.1) is 0 Å². The lowest BCUT2D eigenvalue weighted by molar-refractivity contribution is -0.385. The van der Waals surface area contributed by atoms with Crippen LogP contribution in [-0.2, 0) is 14.8 Å². The largest absolute Gasteiger partial charge is 0.398 e. The number of anilines is 1. The highest BCUT2D eigenvalue weighted by Crippen LogP contribution is 2.28. The van der Waals surface area contributed by atoms with Gasteiger partial charge in [-0.3, -0.25) is 10.1 Å². The summed E-state index contributed by atoms with van der Waals surface area (Å²) < 4.78 is 31.8. The van der Waals surface area contributed by atoms with Crippen molar-refractivity contribution in [2.45, 2.75) is 17.7 Å². The molecule has 1 saturated carbocycles. The van der Waals surface area contributed by atoms with E-state index >= 15 is 0 Å². The van der Waals surface area contributed by atoms with Gasteiger partial charge in [0.2, 0.25) is 10.0 Å². The number of nitrogen functional groups attached to an aromatic ring is 1. The number of nitro groups is 1. The number of nitrogens with one attached hydrogen (secondary N) is 1. The van der Waals surface area contributed by atoms with Crippen LogP contribution < -0.4 is 10.5 Å². The first-order valence-electron chi connectivity index (χ1n) is 6.51. The minimum Gasteiger partial charge on any atom is -0.398 e. The second-order valence-electron chi connectivity index (χ2n) is 4.90. The molecule has 3 N–H and O–H groups in total. The zero-order chi connectivity index (χ0) is 15.5. The highest BCUT2D eigenvalue weighted by Gasteiger charge is 2.22. The molecule has 0 saturated heterocycles. The smallest absolute Gasteiger partial charge is 0.270 e. The van der Waals surface area contributed by atoms with Crippen molar-refractivity contribution in [3.05, 3.63) is 28.3 Å². The molecular formula is C12H17N3O5S. The maximum atomic E-state index is 12.1. The second kappa shape index (κ2) is 6.37. The number of nitrogens with zero attached hydrogens (tertiary/aromatic N) is 1. The fourth-order valence-electron chi connectivity index (χ4n) is 1.73. The lowest BCUT2D eigenvalue weighted by Crippen LogP contribution is -2.28. The molecule has 0 spiro atoms. The van der Waals surface area contributed by atoms with Crippen LogP contribution in [0.2, 0.25) is 0 Å². The first kappa shape index (κ1) is 15.7. The molecule has 1 aliphatic rings. The number of hydrogen-bond donors (Lipinski definition) is 2. The van der Waals surface area contributed by atoms with Gasteiger partial charge in [-0.1, -0.05) is 0 Å². The first-order valence-corrected chi connectivity index (χ1v) is 8.00. The predicted octanol–water partition coefficient (Wildman–Crippen LogP) is 0.882. The van der Waals surface area contributed by atoms with Crippen molar-refractivity contribution in [2.24, 2.45) is 5.92 Å². The van der Waals surface area contributed by atoms with Gasteiger partial charge in [0.25, 0.3) is 5.69 Å². The van der Waals surface area contributed by atoms with Crippen LogP contribution in [0, 0.1) is 16.0 Å². The summed E-state index contributed by atoms with van der Waals surface area (Å²) in [5.74, 6) is 0.606. The molecule has 1 fully saturated rings. The Morgan fingerprint density at radius 1 is 1.43 bits per heavy atom. The lowest BCUT2D eigenvalue weighted by Gasteiger charge is -2.09. The fraction of sp³-hybridized carbons (Fsp3) is 0.500. The fourth-order valence-corrected chi connectivity index (χ4v) is 2.89. The maximum absolute atomic E-state index is 12.1. The highest BCUT2D eigenvalue weighted by molar-refractivity contribution is 7.89. The highest BCUT2D eigenvalue weighted by atomic mass is 32.2. The van der Waals surface area contributed by atoms with Crippen LogP contribution in [-0.4, -0.2) is 33.1 Å². The van der Waals surface area contributed by atoms with E-state index in [1.165, 1.54) is 6.07 Å². The van der Waals surface area contributed by atoms with E-state index in [1.54, 1.807) is 0 Å². The molecule has 1 aromatic carbocycles. The van der Waals surface area contributed by atoms with Crippen LogP contribution in [0.1, 0.15) is 12.8 Å². The summed E-state index contributed by atoms with van der Waals surface area (Å²) in [6.45, 7) is 0.989. The number of sulfonamides is 1. The van der Waals surface area contributed by atoms with Gasteiger partial charge in [0.1, 0.15) is 4.90 Å². The Hall–Kier alpha value is -1.71. The predicted molar refractivity (Wildman–Crippen MR) is 76.2 cm³/mol. The van der Waals surface area contributed by atoms with Crippen LogP contribution in [0.3, 0.4) is 0 Å². The quantitative estimate of drug-likeness (QED) is 0.317. The molecule has 21 heavy (non-hydrogen) atoms. The number of nitrogens with two attached hydrogens (primary N) is 1. The molecule has 0 aromatic heterocycles. The molecule has 1 aromatic rings. The number of ether oxygens (including phenoxy) is 1. The molecule has 0 aliphatic heterocycles. The van der Waals surface area contributed by atoms with Crippen LogP contribution in [0.25, 0.3) is 0 Å². The van der Waals surface area contributed by atoms with Gasteiger partial charge in [0.05, 0.1) is 17.2 Å². The van der Waals surface area contributed by atoms with E-state index in [-0.39, 0.29) is 29.4 Å². The maximum Gasteiger partial charge on any atom is 0.270 e. The second-order valence-corrected chi connectivity index (χ2v) is 6.63. The van der Waals surface area contributed by atoms with Gasteiger partial charge in [-0.05, 0) is 24.8 Å². The molecule has 1 aliphatic carbocycles. The first-order chi connectivity index (χ1) is 9.90. The summed E-state index contributed by atoms with van der Waals surface area (Å²) in [6.07, 6.45) is 2.33. The molecule has 0 radical (unpaired) electrons. The van der Waals surface area contributed by atoms with E-state index in [0.717, 1.165) is 25.0 Å². The van der Waals surface area contributed by atoms with Gasteiger partial charge >= 0.3 is 0 Å². The monoisotopic (exact) mass is 315 g/mol. The summed E-state index contributed by atoms with van der Waals surface area (Å²) >= 11 is 0. The third kappa shape index (κ3) is 4.38. The summed E-state index contributed by atoms with van der Waals surface area (Å²) in [5, 5.41) is 10.7. The van der Waals surface area contributed by atoms with Gasteiger partial charge in [-0.25, -0.2) is 13.1 Å². The summed E-state index contributed by atoms with van der Waals surface area (Å²) in [4.78, 5) is 9.73. The topological polar surface area (TPSA) is 125 Å². The van der Waals surface area contributed by atoms with E-state index in [9.17, 15) is 18.5 Å². The Morgan fingerprint density at radius 2 is 2.14 bits per heavy atom. The van der Waals surface area contributed by atoms with Crippen molar-refractivity contribution >= 4 is 21.4 Å². The SMILES string of the molecule is Nc1ccc([N+](=O)[O-])cc1S(=O)(=O)NCCOCC1CC1. The van der Waals surface area contributed by atoms with E-state index in [2.05, 4.69) is 4.72 Å². The van der Waals surface area contributed by atoms with E-state index in [4.69, 9.17) is 10.5 Å². The number of nitro benzene ring substituents is 1. The van der Waals surface area contributed by atoms with Gasteiger partial charge < -0.3 is 10.5 Å². The van der Waals surface area contributed by atoms with Crippen LogP contribution >= 0.6 is 0 Å². The molecule has 0 unspecified atom stereocenters. The van der Waals surface area contributed by atoms with Crippen molar-refractivity contribution in [1.29, 1.82) is 0 Å². The molecule has 116 valence electrons. The van der Waals surface area contributed by atoms with E-state index < -0.39 is 14.9 Å². The third-order valence-corrected chi connectivity index (χ3v) is 4.60. The normalized spacial score (nSPS) is 15.0. The zero-order valence-electron chi connectivity index (χ0n) is 11.3. The van der Waals surface area contributed by atoms with Gasteiger partial charge in [-0.2, -0.15) is 0 Å². The lowest BCUT2D eigenvalue weighted by atomic mass is 10.3. The van der Waals surface area contributed by atoms with Crippen LogP contribution in [0.5, 0.6) is 0 Å². The van der Waals surface area contributed by atoms with Crippen molar-refractivity contribution in [1.82, 2.24) is 4.72 Å². The van der Waals surface area contributed by atoms with Crippen LogP contribution in [0.15, 0.2) is 23.1 Å².